The van der Waals surface area contributed by atoms with Gasteiger partial charge in [0, 0.05) is 29.5 Å². The number of piperidine rings is 1. The molecule has 0 aliphatic carbocycles. The van der Waals surface area contributed by atoms with Crippen LogP contribution < -0.4 is 5.14 Å². The van der Waals surface area contributed by atoms with E-state index in [0.717, 1.165) is 55.0 Å². The molecule has 1 amide bonds. The van der Waals surface area contributed by atoms with Gasteiger partial charge in [-0.3, -0.25) is 4.79 Å². The lowest BCUT2D eigenvalue weighted by Crippen LogP contribution is -2.35. The van der Waals surface area contributed by atoms with Gasteiger partial charge in [0.15, 0.2) is 0 Å². The first kappa shape index (κ1) is 21.6. The molecule has 0 radical (unpaired) electrons. The van der Waals surface area contributed by atoms with Gasteiger partial charge in [0.1, 0.15) is 0 Å². The summed E-state index contributed by atoms with van der Waals surface area (Å²) in [5.74, 6) is 0.0207. The third-order valence-electron chi connectivity index (χ3n) is 5.68. The number of benzene rings is 2. The van der Waals surface area contributed by atoms with Crippen molar-refractivity contribution in [3.8, 4) is 16.9 Å². The van der Waals surface area contributed by atoms with Crippen LogP contribution in [0.4, 0.5) is 0 Å². The Bertz CT molecular complexity index is 1210. The molecule has 0 saturated carbocycles. The predicted molar refractivity (Wildman–Crippen MR) is 122 cm³/mol. The molecule has 4 rings (SSSR count). The van der Waals surface area contributed by atoms with Crippen molar-refractivity contribution in [3.63, 3.8) is 0 Å². The highest BCUT2D eigenvalue weighted by Gasteiger charge is 2.25. The fourth-order valence-corrected chi connectivity index (χ4v) is 4.68. The maximum atomic E-state index is 13.3. The minimum absolute atomic E-state index is 0.0207. The lowest BCUT2D eigenvalue weighted by atomic mass is 10.1. The van der Waals surface area contributed by atoms with Gasteiger partial charge in [-0.05, 0) is 74.2 Å². The fraction of sp³-hybridized carbons (Fsp3) is 0.261. The summed E-state index contributed by atoms with van der Waals surface area (Å²) in [6.07, 6.45) is 3.19. The van der Waals surface area contributed by atoms with Crippen molar-refractivity contribution in [1.82, 2.24) is 9.47 Å². The Kier molecular flexibility index (Phi) is 5.92. The smallest absolute Gasteiger partial charge is 0.255 e. The standard InChI is InChI=1S/C23H24ClN3O3S/c1-16-21(23(28)26-13-3-2-4-14-26)15-22(17-5-7-18(24)8-6-17)27(16)19-9-11-20(12-10-19)31(25,29)30/h5-12,15H,2-4,13-14H2,1H3,(H2,25,29,30). The Morgan fingerprint density at radius 3 is 2.16 bits per heavy atom. The van der Waals surface area contributed by atoms with Gasteiger partial charge in [0.05, 0.1) is 16.2 Å². The predicted octanol–water partition coefficient (Wildman–Crippen LogP) is 4.38. The number of hydrogen-bond acceptors (Lipinski definition) is 3. The molecule has 0 atom stereocenters. The maximum Gasteiger partial charge on any atom is 0.255 e. The molecule has 2 heterocycles. The second-order valence-electron chi connectivity index (χ2n) is 7.76. The molecule has 6 nitrogen and oxygen atoms in total. The van der Waals surface area contributed by atoms with Gasteiger partial charge in [0.25, 0.3) is 5.91 Å². The van der Waals surface area contributed by atoms with Gasteiger partial charge < -0.3 is 9.47 Å². The quantitative estimate of drug-likeness (QED) is 0.630. The van der Waals surface area contributed by atoms with Crippen molar-refractivity contribution >= 4 is 27.5 Å². The molecular weight excluding hydrogens is 434 g/mol. The second kappa shape index (κ2) is 8.49. The lowest BCUT2D eigenvalue weighted by Gasteiger charge is -2.26. The van der Waals surface area contributed by atoms with E-state index in [2.05, 4.69) is 0 Å². The number of primary sulfonamides is 1. The fourth-order valence-electron chi connectivity index (χ4n) is 4.04. The van der Waals surface area contributed by atoms with Crippen molar-refractivity contribution in [2.45, 2.75) is 31.1 Å². The summed E-state index contributed by atoms with van der Waals surface area (Å²) in [5.41, 5.74) is 3.91. The molecule has 1 aliphatic heterocycles. The zero-order chi connectivity index (χ0) is 22.2. The molecule has 8 heteroatoms. The topological polar surface area (TPSA) is 85.4 Å². The second-order valence-corrected chi connectivity index (χ2v) is 9.76. The van der Waals surface area contributed by atoms with Crippen molar-refractivity contribution in [1.29, 1.82) is 0 Å². The Labute approximate surface area is 187 Å². The van der Waals surface area contributed by atoms with E-state index in [9.17, 15) is 13.2 Å². The molecule has 3 aromatic rings. The monoisotopic (exact) mass is 457 g/mol. The van der Waals surface area contributed by atoms with Crippen LogP contribution in [0, 0.1) is 6.92 Å². The zero-order valence-electron chi connectivity index (χ0n) is 17.2. The van der Waals surface area contributed by atoms with E-state index in [0.29, 0.717) is 10.6 Å². The largest absolute Gasteiger partial charge is 0.339 e. The highest BCUT2D eigenvalue weighted by Crippen LogP contribution is 2.31. The minimum atomic E-state index is -3.79. The van der Waals surface area contributed by atoms with E-state index in [1.54, 1.807) is 24.3 Å². The average molecular weight is 458 g/mol. The summed E-state index contributed by atoms with van der Waals surface area (Å²) in [6, 6.07) is 15.7. The summed E-state index contributed by atoms with van der Waals surface area (Å²) in [5, 5.41) is 5.87. The van der Waals surface area contributed by atoms with Crippen molar-refractivity contribution in [3.05, 3.63) is 70.9 Å². The molecule has 0 bridgehead atoms. The number of amides is 1. The van der Waals surface area contributed by atoms with Crippen LogP contribution in [0.1, 0.15) is 35.3 Å². The van der Waals surface area contributed by atoms with Crippen LogP contribution in [0.15, 0.2) is 59.5 Å². The van der Waals surface area contributed by atoms with Crippen LogP contribution in [0.2, 0.25) is 5.02 Å². The first-order chi connectivity index (χ1) is 14.8. The van der Waals surface area contributed by atoms with Gasteiger partial charge in [-0.15, -0.1) is 0 Å². The molecule has 2 aromatic carbocycles. The van der Waals surface area contributed by atoms with Crippen LogP contribution in [-0.4, -0.2) is 36.9 Å². The van der Waals surface area contributed by atoms with E-state index in [1.165, 1.54) is 12.1 Å². The first-order valence-electron chi connectivity index (χ1n) is 10.2. The Morgan fingerprint density at radius 2 is 1.58 bits per heavy atom. The number of hydrogen-bond donors (Lipinski definition) is 1. The number of halogens is 1. The minimum Gasteiger partial charge on any atom is -0.339 e. The van der Waals surface area contributed by atoms with Gasteiger partial charge in [-0.25, -0.2) is 13.6 Å². The van der Waals surface area contributed by atoms with Gasteiger partial charge in [-0.2, -0.15) is 0 Å². The SMILES string of the molecule is Cc1c(C(=O)N2CCCCC2)cc(-c2ccc(Cl)cc2)n1-c1ccc(S(N)(=O)=O)cc1. The molecule has 0 unspecified atom stereocenters. The van der Waals surface area contributed by atoms with Crippen LogP contribution in [0.3, 0.4) is 0 Å². The van der Waals surface area contributed by atoms with Crippen LogP contribution in [0.5, 0.6) is 0 Å². The zero-order valence-corrected chi connectivity index (χ0v) is 18.8. The molecule has 31 heavy (non-hydrogen) atoms. The van der Waals surface area contributed by atoms with Crippen molar-refractivity contribution < 1.29 is 13.2 Å². The number of aromatic nitrogens is 1. The number of carbonyl (C=O) groups is 1. The van der Waals surface area contributed by atoms with Crippen molar-refractivity contribution in [2.24, 2.45) is 5.14 Å². The third kappa shape index (κ3) is 4.39. The lowest BCUT2D eigenvalue weighted by molar-refractivity contribution is 0.0723. The Morgan fingerprint density at radius 1 is 0.968 bits per heavy atom. The van der Waals surface area contributed by atoms with Crippen LogP contribution in [-0.2, 0) is 10.0 Å². The molecule has 1 fully saturated rings. The summed E-state index contributed by atoms with van der Waals surface area (Å²) >= 11 is 6.07. The highest BCUT2D eigenvalue weighted by molar-refractivity contribution is 7.89. The van der Waals surface area contributed by atoms with Crippen LogP contribution in [0.25, 0.3) is 16.9 Å². The van der Waals surface area contributed by atoms with E-state index >= 15 is 0 Å². The van der Waals surface area contributed by atoms with Gasteiger partial charge in [-0.1, -0.05) is 23.7 Å². The van der Waals surface area contributed by atoms with E-state index in [-0.39, 0.29) is 10.8 Å². The Hall–Kier alpha value is -2.61. The summed E-state index contributed by atoms with van der Waals surface area (Å²) in [7, 11) is -3.79. The molecule has 1 saturated heterocycles. The van der Waals surface area contributed by atoms with E-state index in [1.807, 2.05) is 34.6 Å². The number of nitrogens with zero attached hydrogens (tertiary/aromatic N) is 2. The van der Waals surface area contributed by atoms with Crippen LogP contribution >= 0.6 is 11.6 Å². The summed E-state index contributed by atoms with van der Waals surface area (Å²) < 4.78 is 25.3. The van der Waals surface area contributed by atoms with Gasteiger partial charge in [0.2, 0.25) is 10.0 Å². The molecule has 1 aromatic heterocycles. The maximum absolute atomic E-state index is 13.3. The number of carbonyl (C=O) groups excluding carboxylic acids is 1. The van der Waals surface area contributed by atoms with Crippen molar-refractivity contribution in [2.75, 3.05) is 13.1 Å². The normalized spacial score (nSPS) is 14.6. The molecular formula is C23H24ClN3O3S. The highest BCUT2D eigenvalue weighted by atomic mass is 35.5. The number of sulfonamides is 1. The molecule has 1 aliphatic rings. The molecule has 2 N–H and O–H groups in total. The molecule has 162 valence electrons. The summed E-state index contributed by atoms with van der Waals surface area (Å²) in [4.78, 5) is 15.2. The number of likely N-dealkylation sites (tertiary alicyclic amines) is 1. The third-order valence-corrected chi connectivity index (χ3v) is 6.87. The summed E-state index contributed by atoms with van der Waals surface area (Å²) in [6.45, 7) is 3.44. The first-order valence-corrected chi connectivity index (χ1v) is 12.1. The van der Waals surface area contributed by atoms with E-state index < -0.39 is 10.0 Å². The Balaban J connectivity index is 1.84. The number of nitrogens with two attached hydrogens (primary N) is 1. The van der Waals surface area contributed by atoms with Gasteiger partial charge >= 0.3 is 0 Å². The average Bonchev–Trinajstić information content (AvgIpc) is 3.11. The molecule has 0 spiro atoms. The van der Waals surface area contributed by atoms with E-state index in [4.69, 9.17) is 16.7 Å². The number of rotatable bonds is 4.